The Bertz CT molecular complexity index is 561. The van der Waals surface area contributed by atoms with Gasteiger partial charge in [-0.25, -0.2) is 4.57 Å². The Morgan fingerprint density at radius 2 is 1.64 bits per heavy atom. The Balaban J connectivity index is 2.36. The van der Waals surface area contributed by atoms with Crippen LogP contribution in [-0.4, -0.2) is 30.6 Å². The van der Waals surface area contributed by atoms with Crippen molar-refractivity contribution in [1.82, 2.24) is 4.90 Å². The second-order valence-electron chi connectivity index (χ2n) is 5.33. The molecule has 22 heavy (non-hydrogen) atoms. The van der Waals surface area contributed by atoms with E-state index in [9.17, 15) is 9.36 Å². The lowest BCUT2D eigenvalue weighted by Gasteiger charge is -2.45. The standard InChI is InChI=1S/C15H22NO5P/c1-5-8-13(7-3)16(12(4)6-2)14(17)15-9-19-22(18,20-10-15)21-11-15/h5-8H,9-11H2,1-4H3/b8-5-,12-6+,13-7+. The van der Waals surface area contributed by atoms with Crippen molar-refractivity contribution < 1.29 is 22.9 Å². The van der Waals surface area contributed by atoms with Crippen LogP contribution in [0.5, 0.6) is 0 Å². The molecule has 3 saturated heterocycles. The van der Waals surface area contributed by atoms with E-state index in [2.05, 4.69) is 0 Å². The second kappa shape index (κ2) is 6.50. The monoisotopic (exact) mass is 327 g/mol. The Hall–Kier alpha value is -1.20. The highest BCUT2D eigenvalue weighted by molar-refractivity contribution is 7.48. The molecule has 0 unspecified atom stereocenters. The molecule has 0 atom stereocenters. The zero-order valence-electron chi connectivity index (χ0n) is 13.4. The maximum atomic E-state index is 13.1. The van der Waals surface area contributed by atoms with Crippen molar-refractivity contribution in [1.29, 1.82) is 0 Å². The van der Waals surface area contributed by atoms with Crippen LogP contribution < -0.4 is 0 Å². The van der Waals surface area contributed by atoms with E-state index in [-0.39, 0.29) is 25.7 Å². The number of phosphoric acid groups is 1. The van der Waals surface area contributed by atoms with Gasteiger partial charge in [0.15, 0.2) is 0 Å². The van der Waals surface area contributed by atoms with E-state index in [1.165, 1.54) is 0 Å². The van der Waals surface area contributed by atoms with Gasteiger partial charge in [0.25, 0.3) is 0 Å². The van der Waals surface area contributed by atoms with Gasteiger partial charge in [0.05, 0.1) is 19.8 Å². The lowest BCUT2D eigenvalue weighted by Crippen LogP contribution is -2.55. The van der Waals surface area contributed by atoms with Gasteiger partial charge in [-0.3, -0.25) is 23.3 Å². The summed E-state index contributed by atoms with van der Waals surface area (Å²) >= 11 is 0. The highest BCUT2D eigenvalue weighted by Gasteiger charge is 2.56. The third kappa shape index (κ3) is 2.97. The van der Waals surface area contributed by atoms with Crippen molar-refractivity contribution in [2.45, 2.75) is 27.7 Å². The number of rotatable bonds is 4. The second-order valence-corrected chi connectivity index (χ2v) is 7.00. The quantitative estimate of drug-likeness (QED) is 0.585. The van der Waals surface area contributed by atoms with Crippen molar-refractivity contribution in [3.8, 4) is 0 Å². The number of phosphoric ester groups is 1. The van der Waals surface area contributed by atoms with Crippen LogP contribution in [0.15, 0.2) is 35.7 Å². The molecule has 0 N–H and O–H groups in total. The fraction of sp³-hybridized carbons (Fsp3) is 0.533. The lowest BCUT2D eigenvalue weighted by molar-refractivity contribution is -0.159. The average molecular weight is 327 g/mol. The molecule has 7 heteroatoms. The van der Waals surface area contributed by atoms with E-state index >= 15 is 0 Å². The molecule has 0 aromatic rings. The summed E-state index contributed by atoms with van der Waals surface area (Å²) in [6.07, 6.45) is 7.46. The molecule has 0 aromatic heterocycles. The van der Waals surface area contributed by atoms with Gasteiger partial charge in [-0.15, -0.1) is 0 Å². The minimum atomic E-state index is -3.43. The predicted octanol–water partition coefficient (Wildman–Crippen LogP) is 3.39. The van der Waals surface area contributed by atoms with Gasteiger partial charge in [0, 0.05) is 11.4 Å². The van der Waals surface area contributed by atoms with Crippen molar-refractivity contribution in [3.05, 3.63) is 35.7 Å². The number of fused-ring (bicyclic) bond motifs is 3. The Labute approximate surface area is 131 Å². The normalized spacial score (nSPS) is 32.5. The van der Waals surface area contributed by atoms with Crippen molar-refractivity contribution in [3.63, 3.8) is 0 Å². The van der Waals surface area contributed by atoms with Gasteiger partial charge >= 0.3 is 7.82 Å². The van der Waals surface area contributed by atoms with Gasteiger partial charge in [0.1, 0.15) is 5.41 Å². The Kier molecular flexibility index (Phi) is 5.07. The summed E-state index contributed by atoms with van der Waals surface area (Å²) in [6, 6.07) is 0. The van der Waals surface area contributed by atoms with Crippen LogP contribution in [0, 0.1) is 5.41 Å². The molecule has 0 spiro atoms. The van der Waals surface area contributed by atoms with Crippen molar-refractivity contribution >= 4 is 13.7 Å². The number of hydrogen-bond acceptors (Lipinski definition) is 5. The van der Waals surface area contributed by atoms with Crippen LogP contribution in [0.25, 0.3) is 0 Å². The topological polar surface area (TPSA) is 65.1 Å². The SMILES string of the molecule is C/C=C\C(=C/C)N(C(=O)C12COP(=O)(OC1)OC2)/C(C)=C/C. The number of carbonyl (C=O) groups is 1. The summed E-state index contributed by atoms with van der Waals surface area (Å²) < 4.78 is 27.2. The number of allylic oxidation sites excluding steroid dienone is 5. The van der Waals surface area contributed by atoms with E-state index < -0.39 is 13.2 Å². The molecule has 3 fully saturated rings. The van der Waals surface area contributed by atoms with Crippen LogP contribution in [0.4, 0.5) is 0 Å². The number of amides is 1. The molecule has 0 aliphatic carbocycles. The third-order valence-electron chi connectivity index (χ3n) is 3.82. The highest BCUT2D eigenvalue weighted by atomic mass is 31.2. The predicted molar refractivity (Wildman–Crippen MR) is 82.7 cm³/mol. The largest absolute Gasteiger partial charge is 0.474 e. The zero-order chi connectivity index (χ0) is 16.4. The summed E-state index contributed by atoms with van der Waals surface area (Å²) in [7, 11) is -3.43. The van der Waals surface area contributed by atoms with Gasteiger partial charge in [0.2, 0.25) is 5.91 Å². The van der Waals surface area contributed by atoms with E-state index in [1.807, 2.05) is 52.0 Å². The number of carbonyl (C=O) groups excluding carboxylic acids is 1. The molecule has 0 saturated carbocycles. The molecule has 122 valence electrons. The molecule has 6 nitrogen and oxygen atoms in total. The summed E-state index contributed by atoms with van der Waals surface area (Å²) in [5.41, 5.74) is 0.591. The number of hydrogen-bond donors (Lipinski definition) is 0. The van der Waals surface area contributed by atoms with Crippen LogP contribution in [0.2, 0.25) is 0 Å². The van der Waals surface area contributed by atoms with E-state index in [0.29, 0.717) is 0 Å². The van der Waals surface area contributed by atoms with Crippen LogP contribution >= 0.6 is 7.82 Å². The summed E-state index contributed by atoms with van der Waals surface area (Å²) in [6.45, 7) is 7.63. The first-order chi connectivity index (χ1) is 10.4. The van der Waals surface area contributed by atoms with Gasteiger partial charge < -0.3 is 0 Å². The minimum Gasteiger partial charge on any atom is -0.286 e. The van der Waals surface area contributed by atoms with E-state index in [0.717, 1.165) is 11.4 Å². The van der Waals surface area contributed by atoms with Gasteiger partial charge in [-0.05, 0) is 33.8 Å². The van der Waals surface area contributed by atoms with Crippen LogP contribution in [0.1, 0.15) is 27.7 Å². The molecule has 3 aliphatic heterocycles. The van der Waals surface area contributed by atoms with E-state index in [4.69, 9.17) is 13.6 Å². The molecule has 0 aromatic carbocycles. The van der Waals surface area contributed by atoms with Gasteiger partial charge in [-0.2, -0.15) is 0 Å². The number of nitrogens with zero attached hydrogens (tertiary/aromatic N) is 1. The molecule has 3 aliphatic rings. The summed E-state index contributed by atoms with van der Waals surface area (Å²) in [5.74, 6) is -0.180. The molecule has 3 rings (SSSR count). The van der Waals surface area contributed by atoms with Crippen molar-refractivity contribution in [2.24, 2.45) is 5.41 Å². The smallest absolute Gasteiger partial charge is 0.286 e. The molecule has 1 amide bonds. The zero-order valence-corrected chi connectivity index (χ0v) is 14.3. The van der Waals surface area contributed by atoms with Crippen LogP contribution in [-0.2, 0) is 22.9 Å². The first-order valence-electron chi connectivity index (χ1n) is 7.21. The Morgan fingerprint density at radius 3 is 2.05 bits per heavy atom. The molecule has 3 heterocycles. The maximum Gasteiger partial charge on any atom is 0.474 e. The third-order valence-corrected chi connectivity index (χ3v) is 5.15. The Morgan fingerprint density at radius 1 is 1.09 bits per heavy atom. The van der Waals surface area contributed by atoms with Crippen molar-refractivity contribution in [2.75, 3.05) is 19.8 Å². The fourth-order valence-corrected chi connectivity index (χ4v) is 3.79. The maximum absolute atomic E-state index is 13.1. The molecular formula is C15H22NO5P. The van der Waals surface area contributed by atoms with Gasteiger partial charge in [-0.1, -0.05) is 18.2 Å². The minimum absolute atomic E-state index is 0.0451. The van der Waals surface area contributed by atoms with Crippen LogP contribution in [0.3, 0.4) is 0 Å². The molecular weight excluding hydrogens is 305 g/mol. The first kappa shape index (κ1) is 17.2. The summed E-state index contributed by atoms with van der Waals surface area (Å²) in [5, 5.41) is 0. The lowest BCUT2D eigenvalue weighted by atomic mass is 9.88. The summed E-state index contributed by atoms with van der Waals surface area (Å²) in [4.78, 5) is 14.8. The molecule has 0 radical (unpaired) electrons. The van der Waals surface area contributed by atoms with E-state index in [1.54, 1.807) is 4.90 Å². The average Bonchev–Trinajstić information content (AvgIpc) is 2.54. The molecule has 2 bridgehead atoms. The highest BCUT2D eigenvalue weighted by Crippen LogP contribution is 2.60. The fourth-order valence-electron chi connectivity index (χ4n) is 2.35. The first-order valence-corrected chi connectivity index (χ1v) is 8.67.